The minimum Gasteiger partial charge on any atom is -0.459 e. The standard InChI is InChI=1S/C26H26ClN3O7S/c1-28(17-19-6-3-2-4-7-19)38(34,35)20-9-10-22(27)21(16-20)26(33)37-18-24(31)29-11-13-30(14-12-29)25(32)23-8-5-15-36-23/h2-10,15-16H,11-14,17-18H2,1H3. The first-order valence-electron chi connectivity index (χ1n) is 11.7. The van der Waals surface area contributed by atoms with Crippen LogP contribution in [0.15, 0.2) is 76.2 Å². The highest BCUT2D eigenvalue weighted by Crippen LogP contribution is 2.24. The number of carbonyl (C=O) groups excluding carboxylic acids is 3. The fourth-order valence-corrected chi connectivity index (χ4v) is 5.32. The van der Waals surface area contributed by atoms with Crippen molar-refractivity contribution in [2.24, 2.45) is 0 Å². The molecule has 0 radical (unpaired) electrons. The number of rotatable bonds is 8. The third-order valence-electron chi connectivity index (χ3n) is 6.09. The van der Waals surface area contributed by atoms with Gasteiger partial charge in [0.1, 0.15) is 0 Å². The maximum Gasteiger partial charge on any atom is 0.340 e. The van der Waals surface area contributed by atoms with Crippen molar-refractivity contribution in [2.45, 2.75) is 11.4 Å². The number of piperazine rings is 1. The van der Waals surface area contributed by atoms with Crippen molar-refractivity contribution in [1.82, 2.24) is 14.1 Å². The molecule has 2 aromatic carbocycles. The van der Waals surface area contributed by atoms with Gasteiger partial charge in [0, 0.05) is 39.8 Å². The average Bonchev–Trinajstić information content (AvgIpc) is 3.47. The van der Waals surface area contributed by atoms with Gasteiger partial charge in [-0.25, -0.2) is 13.2 Å². The van der Waals surface area contributed by atoms with Gasteiger partial charge in [-0.1, -0.05) is 41.9 Å². The monoisotopic (exact) mass is 559 g/mol. The number of nitrogens with zero attached hydrogens (tertiary/aromatic N) is 3. The van der Waals surface area contributed by atoms with Crippen LogP contribution in [0.25, 0.3) is 0 Å². The molecule has 0 saturated carbocycles. The lowest BCUT2D eigenvalue weighted by atomic mass is 10.2. The number of benzene rings is 2. The van der Waals surface area contributed by atoms with Gasteiger partial charge in [0.05, 0.1) is 21.7 Å². The van der Waals surface area contributed by atoms with Crippen LogP contribution in [0.2, 0.25) is 5.02 Å². The van der Waals surface area contributed by atoms with Gasteiger partial charge in [-0.15, -0.1) is 0 Å². The first-order chi connectivity index (χ1) is 18.2. The van der Waals surface area contributed by atoms with Crippen LogP contribution < -0.4 is 0 Å². The van der Waals surface area contributed by atoms with E-state index in [4.69, 9.17) is 20.8 Å². The molecule has 4 rings (SSSR count). The molecule has 1 aromatic heterocycles. The van der Waals surface area contributed by atoms with Gasteiger partial charge in [-0.2, -0.15) is 4.31 Å². The number of hydrogen-bond acceptors (Lipinski definition) is 7. The van der Waals surface area contributed by atoms with Gasteiger partial charge in [-0.3, -0.25) is 9.59 Å². The summed E-state index contributed by atoms with van der Waals surface area (Å²) < 4.78 is 37.6. The summed E-state index contributed by atoms with van der Waals surface area (Å²) in [5, 5.41) is -0.00263. The topological polar surface area (TPSA) is 117 Å². The number of ether oxygens (including phenoxy) is 1. The van der Waals surface area contributed by atoms with E-state index in [1.807, 2.05) is 30.3 Å². The molecule has 38 heavy (non-hydrogen) atoms. The van der Waals surface area contributed by atoms with Crippen molar-refractivity contribution >= 4 is 39.4 Å². The lowest BCUT2D eigenvalue weighted by Gasteiger charge is -2.34. The Kier molecular flexibility index (Phi) is 8.50. The largest absolute Gasteiger partial charge is 0.459 e. The van der Waals surface area contributed by atoms with E-state index in [0.717, 1.165) is 11.6 Å². The molecular formula is C26H26ClN3O7S. The van der Waals surface area contributed by atoms with Gasteiger partial charge in [0.2, 0.25) is 10.0 Å². The molecule has 12 heteroatoms. The van der Waals surface area contributed by atoms with Crippen LogP contribution in [0, 0.1) is 0 Å². The molecule has 1 saturated heterocycles. The second-order valence-electron chi connectivity index (χ2n) is 8.61. The Hall–Kier alpha value is -3.67. The summed E-state index contributed by atoms with van der Waals surface area (Å²) in [6.45, 7) is 0.742. The summed E-state index contributed by atoms with van der Waals surface area (Å²) in [6.07, 6.45) is 1.42. The summed E-state index contributed by atoms with van der Waals surface area (Å²) in [5.74, 6) is -1.39. The van der Waals surface area contributed by atoms with E-state index in [1.54, 1.807) is 17.0 Å². The summed E-state index contributed by atoms with van der Waals surface area (Å²) >= 11 is 6.15. The predicted octanol–water partition coefficient (Wildman–Crippen LogP) is 2.90. The maximum atomic E-state index is 13.1. The molecule has 3 aromatic rings. The van der Waals surface area contributed by atoms with Crippen molar-refractivity contribution < 1.29 is 32.0 Å². The van der Waals surface area contributed by atoms with Crippen LogP contribution in [0.5, 0.6) is 0 Å². The van der Waals surface area contributed by atoms with Gasteiger partial charge >= 0.3 is 5.97 Å². The van der Waals surface area contributed by atoms with Gasteiger partial charge in [-0.05, 0) is 35.9 Å². The molecule has 1 aliphatic rings. The van der Waals surface area contributed by atoms with Crippen LogP contribution in [-0.2, 0) is 26.1 Å². The highest BCUT2D eigenvalue weighted by atomic mass is 35.5. The van der Waals surface area contributed by atoms with E-state index in [0.29, 0.717) is 13.1 Å². The van der Waals surface area contributed by atoms with Crippen LogP contribution in [0.1, 0.15) is 26.5 Å². The number of hydrogen-bond donors (Lipinski definition) is 0. The molecule has 0 N–H and O–H groups in total. The third kappa shape index (κ3) is 6.24. The molecule has 0 unspecified atom stereocenters. The lowest BCUT2D eigenvalue weighted by molar-refractivity contribution is -0.136. The molecule has 200 valence electrons. The molecule has 1 aliphatic heterocycles. The third-order valence-corrected chi connectivity index (χ3v) is 8.22. The van der Waals surface area contributed by atoms with Crippen molar-refractivity contribution in [3.63, 3.8) is 0 Å². The van der Waals surface area contributed by atoms with E-state index in [2.05, 4.69) is 0 Å². The SMILES string of the molecule is CN(Cc1ccccc1)S(=O)(=O)c1ccc(Cl)c(C(=O)OCC(=O)N2CCN(C(=O)c3ccco3)CC2)c1. The van der Waals surface area contributed by atoms with Crippen molar-refractivity contribution in [2.75, 3.05) is 39.8 Å². The van der Waals surface area contributed by atoms with E-state index in [1.165, 1.54) is 34.6 Å². The van der Waals surface area contributed by atoms with E-state index in [9.17, 15) is 22.8 Å². The minimum atomic E-state index is -3.93. The number of halogens is 1. The van der Waals surface area contributed by atoms with E-state index >= 15 is 0 Å². The van der Waals surface area contributed by atoms with E-state index in [-0.39, 0.29) is 46.8 Å². The molecule has 0 atom stereocenters. The van der Waals surface area contributed by atoms with Crippen LogP contribution in [-0.4, -0.2) is 80.1 Å². The van der Waals surface area contributed by atoms with E-state index < -0.39 is 28.5 Å². The highest BCUT2D eigenvalue weighted by molar-refractivity contribution is 7.89. The van der Waals surface area contributed by atoms with Crippen LogP contribution in [0.3, 0.4) is 0 Å². The Bertz CT molecular complexity index is 1400. The fraction of sp³-hybridized carbons (Fsp3) is 0.269. The summed E-state index contributed by atoms with van der Waals surface area (Å²) in [7, 11) is -2.49. The number of amides is 2. The Morgan fingerprint density at radius 3 is 2.32 bits per heavy atom. The van der Waals surface area contributed by atoms with Gasteiger partial charge in [0.15, 0.2) is 12.4 Å². The second kappa shape index (κ2) is 11.8. The molecule has 10 nitrogen and oxygen atoms in total. The Morgan fingerprint density at radius 2 is 1.66 bits per heavy atom. The van der Waals surface area contributed by atoms with Crippen LogP contribution >= 0.6 is 11.6 Å². The molecule has 1 fully saturated rings. The van der Waals surface area contributed by atoms with Gasteiger partial charge < -0.3 is 19.0 Å². The minimum absolute atomic E-state index is 0.00263. The molecule has 0 spiro atoms. The molecule has 2 amide bonds. The number of esters is 1. The normalized spacial score (nSPS) is 14.0. The summed E-state index contributed by atoms with van der Waals surface area (Å²) in [4.78, 5) is 40.6. The summed E-state index contributed by atoms with van der Waals surface area (Å²) in [5.41, 5.74) is 0.638. The number of furan rings is 1. The molecule has 2 heterocycles. The fourth-order valence-electron chi connectivity index (χ4n) is 3.94. The highest BCUT2D eigenvalue weighted by Gasteiger charge is 2.28. The van der Waals surface area contributed by atoms with Crippen molar-refractivity contribution in [3.05, 3.63) is 88.8 Å². The molecule has 0 bridgehead atoms. The average molecular weight is 560 g/mol. The maximum absolute atomic E-state index is 13.1. The molecule has 0 aliphatic carbocycles. The quantitative estimate of drug-likeness (QED) is 0.389. The zero-order chi connectivity index (χ0) is 27.3. The zero-order valence-electron chi connectivity index (χ0n) is 20.6. The van der Waals surface area contributed by atoms with Crippen molar-refractivity contribution in [3.8, 4) is 0 Å². The Labute approximate surface area is 225 Å². The Balaban J connectivity index is 1.34. The lowest BCUT2D eigenvalue weighted by Crippen LogP contribution is -2.51. The molecular weight excluding hydrogens is 534 g/mol. The summed E-state index contributed by atoms with van der Waals surface area (Å²) in [6, 6.07) is 16.0. The van der Waals surface area contributed by atoms with Crippen molar-refractivity contribution in [1.29, 1.82) is 0 Å². The number of sulfonamides is 1. The predicted molar refractivity (Wildman–Crippen MR) is 138 cm³/mol. The second-order valence-corrected chi connectivity index (χ2v) is 11.1. The first kappa shape index (κ1) is 27.4. The Morgan fingerprint density at radius 1 is 0.974 bits per heavy atom. The number of carbonyl (C=O) groups is 3. The van der Waals surface area contributed by atoms with Gasteiger partial charge in [0.25, 0.3) is 11.8 Å². The zero-order valence-corrected chi connectivity index (χ0v) is 22.2. The van der Waals surface area contributed by atoms with Crippen LogP contribution in [0.4, 0.5) is 0 Å². The first-order valence-corrected chi connectivity index (χ1v) is 13.6. The smallest absolute Gasteiger partial charge is 0.340 e.